The minimum Gasteiger partial charge on any atom is -0.493 e. The van der Waals surface area contributed by atoms with Crippen LogP contribution in [0.5, 0.6) is 11.5 Å². The Morgan fingerprint density at radius 3 is 2.68 bits per heavy atom. The van der Waals surface area contributed by atoms with Crippen LogP contribution in [0, 0.1) is 0 Å². The topological polar surface area (TPSA) is 135 Å². The zero-order valence-electron chi connectivity index (χ0n) is 18.7. The van der Waals surface area contributed by atoms with Gasteiger partial charge in [0.15, 0.2) is 23.8 Å². The molecule has 3 rings (SSSR count). The van der Waals surface area contributed by atoms with Crippen molar-refractivity contribution in [3.63, 3.8) is 0 Å². The normalized spacial score (nSPS) is 10.6. The third-order valence-corrected chi connectivity index (χ3v) is 4.44. The zero-order chi connectivity index (χ0) is 24.5. The number of aromatic nitrogens is 2. The van der Waals surface area contributed by atoms with Crippen molar-refractivity contribution in [1.82, 2.24) is 9.78 Å². The first kappa shape index (κ1) is 24.1. The summed E-state index contributed by atoms with van der Waals surface area (Å²) in [6, 6.07) is 13.6. The SMILES string of the molecule is CCOC(=O)c1ccn(-c2cccc(NC(=O)C=Cc3ccc(OCC(N)=O)c(OC)c3)c2)n1. The number of esters is 1. The number of benzene rings is 2. The maximum atomic E-state index is 12.4. The monoisotopic (exact) mass is 464 g/mol. The first-order valence-corrected chi connectivity index (χ1v) is 10.3. The highest BCUT2D eigenvalue weighted by atomic mass is 16.5. The third kappa shape index (κ3) is 6.45. The van der Waals surface area contributed by atoms with E-state index in [4.69, 9.17) is 19.9 Å². The van der Waals surface area contributed by atoms with Crippen molar-refractivity contribution >= 4 is 29.5 Å². The summed E-state index contributed by atoms with van der Waals surface area (Å²) in [6.07, 6.45) is 4.62. The highest BCUT2D eigenvalue weighted by molar-refractivity contribution is 6.02. The molecular formula is C24H24N4O6. The molecular weight excluding hydrogens is 440 g/mol. The molecule has 0 aliphatic carbocycles. The van der Waals surface area contributed by atoms with Gasteiger partial charge in [-0.15, -0.1) is 0 Å². The Morgan fingerprint density at radius 2 is 1.94 bits per heavy atom. The minimum absolute atomic E-state index is 0.195. The molecule has 0 atom stereocenters. The Bertz CT molecular complexity index is 1220. The van der Waals surface area contributed by atoms with Gasteiger partial charge in [-0.2, -0.15) is 5.10 Å². The number of ether oxygens (including phenoxy) is 3. The molecule has 0 spiro atoms. The first-order valence-electron chi connectivity index (χ1n) is 10.3. The zero-order valence-corrected chi connectivity index (χ0v) is 18.7. The van der Waals surface area contributed by atoms with Crippen LogP contribution in [0.3, 0.4) is 0 Å². The highest BCUT2D eigenvalue weighted by Gasteiger charge is 2.11. The molecule has 0 fully saturated rings. The second kappa shape index (κ2) is 11.3. The fraction of sp³-hybridized carbons (Fsp3) is 0.167. The van der Waals surface area contributed by atoms with Gasteiger partial charge in [0.1, 0.15) is 0 Å². The van der Waals surface area contributed by atoms with Gasteiger partial charge >= 0.3 is 5.97 Å². The summed E-state index contributed by atoms with van der Waals surface area (Å²) in [6.45, 7) is 1.72. The van der Waals surface area contributed by atoms with Crippen molar-refractivity contribution in [3.8, 4) is 17.2 Å². The number of nitrogens with one attached hydrogen (secondary N) is 1. The smallest absolute Gasteiger partial charge is 0.358 e. The molecule has 10 nitrogen and oxygen atoms in total. The van der Waals surface area contributed by atoms with E-state index in [0.717, 1.165) is 0 Å². The minimum atomic E-state index is -0.598. The van der Waals surface area contributed by atoms with Gasteiger partial charge in [-0.05, 0) is 55.0 Å². The molecule has 0 unspecified atom stereocenters. The molecule has 1 heterocycles. The molecule has 1 aromatic heterocycles. The van der Waals surface area contributed by atoms with E-state index in [1.807, 2.05) is 0 Å². The number of rotatable bonds is 10. The molecule has 0 aliphatic heterocycles. The van der Waals surface area contributed by atoms with Gasteiger partial charge in [-0.3, -0.25) is 9.59 Å². The van der Waals surface area contributed by atoms with Crippen LogP contribution in [0.25, 0.3) is 11.8 Å². The number of hydrogen-bond acceptors (Lipinski definition) is 7. The van der Waals surface area contributed by atoms with E-state index in [0.29, 0.717) is 28.4 Å². The Hall–Kier alpha value is -4.60. The molecule has 0 saturated carbocycles. The van der Waals surface area contributed by atoms with Crippen LogP contribution >= 0.6 is 0 Å². The maximum absolute atomic E-state index is 12.4. The number of primary amides is 1. The largest absolute Gasteiger partial charge is 0.493 e. The predicted molar refractivity (Wildman–Crippen MR) is 125 cm³/mol. The molecule has 3 aromatic rings. The van der Waals surface area contributed by atoms with E-state index in [2.05, 4.69) is 10.4 Å². The number of methoxy groups -OCH3 is 1. The lowest BCUT2D eigenvalue weighted by molar-refractivity contribution is -0.120. The van der Waals surface area contributed by atoms with Gasteiger partial charge in [0.2, 0.25) is 5.91 Å². The van der Waals surface area contributed by atoms with Crippen LogP contribution in [-0.2, 0) is 14.3 Å². The third-order valence-electron chi connectivity index (χ3n) is 4.44. The summed E-state index contributed by atoms with van der Waals surface area (Å²) < 4.78 is 17.0. The Balaban J connectivity index is 1.66. The van der Waals surface area contributed by atoms with Crippen LogP contribution in [0.1, 0.15) is 23.0 Å². The summed E-state index contributed by atoms with van der Waals surface area (Å²) >= 11 is 0. The lowest BCUT2D eigenvalue weighted by Crippen LogP contribution is -2.20. The van der Waals surface area contributed by atoms with Gasteiger partial charge < -0.3 is 25.3 Å². The number of amides is 2. The summed E-state index contributed by atoms with van der Waals surface area (Å²) in [7, 11) is 1.47. The molecule has 0 radical (unpaired) electrons. The molecule has 176 valence electrons. The second-order valence-corrected chi connectivity index (χ2v) is 6.90. The second-order valence-electron chi connectivity index (χ2n) is 6.90. The van der Waals surface area contributed by atoms with Crippen LogP contribution in [0.2, 0.25) is 0 Å². The van der Waals surface area contributed by atoms with E-state index >= 15 is 0 Å². The number of hydrogen-bond donors (Lipinski definition) is 2. The van der Waals surface area contributed by atoms with E-state index in [1.165, 1.54) is 17.9 Å². The van der Waals surface area contributed by atoms with Crippen molar-refractivity contribution in [1.29, 1.82) is 0 Å². The molecule has 34 heavy (non-hydrogen) atoms. The van der Waals surface area contributed by atoms with E-state index in [-0.39, 0.29) is 24.8 Å². The van der Waals surface area contributed by atoms with E-state index in [9.17, 15) is 14.4 Å². The van der Waals surface area contributed by atoms with Crippen LogP contribution < -0.4 is 20.5 Å². The van der Waals surface area contributed by atoms with Crippen LogP contribution in [-0.4, -0.2) is 47.9 Å². The predicted octanol–water partition coefficient (Wildman–Crippen LogP) is 2.57. The fourth-order valence-electron chi connectivity index (χ4n) is 2.92. The molecule has 10 heteroatoms. The standard InChI is InChI=1S/C24H24N4O6/c1-3-33-24(31)19-11-12-28(27-19)18-6-4-5-17(14-18)26-23(30)10-8-16-7-9-20(21(13-16)32-2)34-15-22(25)29/h4-14H,3,15H2,1-2H3,(H2,25,29)(H,26,30). The Labute approximate surface area is 195 Å². The molecule has 0 bridgehead atoms. The van der Waals surface area contributed by atoms with E-state index < -0.39 is 11.9 Å². The molecule has 2 aromatic carbocycles. The molecule has 3 N–H and O–H groups in total. The van der Waals surface area contributed by atoms with Gasteiger partial charge in [0.25, 0.3) is 5.91 Å². The number of nitrogens with two attached hydrogens (primary N) is 1. The van der Waals surface area contributed by atoms with Crippen molar-refractivity contribution in [2.45, 2.75) is 6.92 Å². The maximum Gasteiger partial charge on any atom is 0.358 e. The summed E-state index contributed by atoms with van der Waals surface area (Å²) in [5.74, 6) is -0.682. The lowest BCUT2D eigenvalue weighted by atomic mass is 10.2. The average molecular weight is 464 g/mol. The first-order chi connectivity index (χ1) is 16.4. The highest BCUT2D eigenvalue weighted by Crippen LogP contribution is 2.28. The van der Waals surface area contributed by atoms with Crippen molar-refractivity contribution in [2.24, 2.45) is 5.73 Å². The quantitative estimate of drug-likeness (QED) is 0.348. The van der Waals surface area contributed by atoms with Crippen molar-refractivity contribution < 1.29 is 28.6 Å². The van der Waals surface area contributed by atoms with Gasteiger partial charge in [-0.1, -0.05) is 12.1 Å². The Kier molecular flexibility index (Phi) is 8.01. The van der Waals surface area contributed by atoms with Crippen LogP contribution in [0.15, 0.2) is 60.8 Å². The molecule has 0 saturated heterocycles. The van der Waals surface area contributed by atoms with Crippen LogP contribution in [0.4, 0.5) is 5.69 Å². The summed E-state index contributed by atoms with van der Waals surface area (Å²) in [4.78, 5) is 35.1. The van der Waals surface area contributed by atoms with Crippen molar-refractivity contribution in [2.75, 3.05) is 25.6 Å². The Morgan fingerprint density at radius 1 is 1.12 bits per heavy atom. The number of carbonyl (C=O) groups excluding carboxylic acids is 3. The number of nitrogens with zero attached hydrogens (tertiary/aromatic N) is 2. The summed E-state index contributed by atoms with van der Waals surface area (Å²) in [5, 5.41) is 6.99. The average Bonchev–Trinajstić information content (AvgIpc) is 3.32. The number of carbonyl (C=O) groups is 3. The summed E-state index contributed by atoms with van der Waals surface area (Å²) in [5.41, 5.74) is 7.18. The molecule has 2 amide bonds. The van der Waals surface area contributed by atoms with Gasteiger partial charge in [0, 0.05) is 18.0 Å². The molecule has 0 aliphatic rings. The van der Waals surface area contributed by atoms with Gasteiger partial charge in [0.05, 0.1) is 19.4 Å². The van der Waals surface area contributed by atoms with Gasteiger partial charge in [-0.25, -0.2) is 9.48 Å². The lowest BCUT2D eigenvalue weighted by Gasteiger charge is -2.10. The van der Waals surface area contributed by atoms with E-state index in [1.54, 1.807) is 67.7 Å². The fourth-order valence-corrected chi connectivity index (χ4v) is 2.92. The van der Waals surface area contributed by atoms with Crippen molar-refractivity contribution in [3.05, 3.63) is 72.1 Å². The number of anilines is 1.